The fourth-order valence-corrected chi connectivity index (χ4v) is 3.89. The van der Waals surface area contributed by atoms with Crippen LogP contribution >= 0.6 is 0 Å². The number of carbonyl (C=O) groups excluding carboxylic acids is 1. The third-order valence-electron chi connectivity index (χ3n) is 5.02. The van der Waals surface area contributed by atoms with Gasteiger partial charge in [-0.15, -0.1) is 0 Å². The molecule has 3 heteroatoms. The second kappa shape index (κ2) is 6.61. The molecule has 0 radical (unpaired) electrons. The molecular formula is C18H26N2O. The monoisotopic (exact) mass is 286 g/mol. The molecule has 114 valence electrons. The molecule has 0 aromatic heterocycles. The molecule has 1 amide bonds. The molecule has 1 saturated heterocycles. The van der Waals surface area contributed by atoms with Gasteiger partial charge >= 0.3 is 0 Å². The summed E-state index contributed by atoms with van der Waals surface area (Å²) in [5.74, 6) is 1.22. The van der Waals surface area contributed by atoms with Crippen molar-refractivity contribution < 1.29 is 4.79 Å². The highest BCUT2D eigenvalue weighted by Crippen LogP contribution is 2.28. The standard InChI is InChI=1S/C18H26N2O/c1-19-12-14-5-4-10-20(13-14)18(21)17-9-8-15-6-2-3-7-16(15)11-17/h2-3,6-7,14,17,19H,4-5,8-13H2,1H3. The van der Waals surface area contributed by atoms with Crippen LogP contribution in [-0.2, 0) is 17.6 Å². The molecule has 21 heavy (non-hydrogen) atoms. The third kappa shape index (κ3) is 3.29. The molecule has 0 bridgehead atoms. The summed E-state index contributed by atoms with van der Waals surface area (Å²) in [5.41, 5.74) is 2.82. The Bertz CT molecular complexity index is 498. The lowest BCUT2D eigenvalue weighted by atomic mass is 9.82. The van der Waals surface area contributed by atoms with Crippen molar-refractivity contribution in [1.29, 1.82) is 0 Å². The number of rotatable bonds is 3. The van der Waals surface area contributed by atoms with Gasteiger partial charge in [0.2, 0.25) is 5.91 Å². The van der Waals surface area contributed by atoms with Gasteiger partial charge in [0.05, 0.1) is 0 Å². The molecule has 1 N–H and O–H groups in total. The second-order valence-corrected chi connectivity index (χ2v) is 6.56. The van der Waals surface area contributed by atoms with Crippen molar-refractivity contribution in [1.82, 2.24) is 10.2 Å². The summed E-state index contributed by atoms with van der Waals surface area (Å²) in [6, 6.07) is 8.60. The van der Waals surface area contributed by atoms with Crippen LogP contribution in [0.4, 0.5) is 0 Å². The van der Waals surface area contributed by atoms with Crippen molar-refractivity contribution in [3.05, 3.63) is 35.4 Å². The number of aryl methyl sites for hydroxylation is 1. The van der Waals surface area contributed by atoms with Crippen LogP contribution in [0.3, 0.4) is 0 Å². The quantitative estimate of drug-likeness (QED) is 0.924. The Hall–Kier alpha value is -1.35. The summed E-state index contributed by atoms with van der Waals surface area (Å²) in [5, 5.41) is 3.25. The first-order valence-electron chi connectivity index (χ1n) is 8.28. The Balaban J connectivity index is 1.63. The highest BCUT2D eigenvalue weighted by atomic mass is 16.2. The first-order chi connectivity index (χ1) is 10.3. The number of nitrogens with one attached hydrogen (secondary N) is 1. The Morgan fingerprint density at radius 1 is 1.29 bits per heavy atom. The fourth-order valence-electron chi connectivity index (χ4n) is 3.89. The van der Waals surface area contributed by atoms with Crippen LogP contribution in [0.1, 0.15) is 30.4 Å². The average Bonchev–Trinajstić information content (AvgIpc) is 2.54. The molecule has 1 aliphatic carbocycles. The van der Waals surface area contributed by atoms with Gasteiger partial charge in [0.15, 0.2) is 0 Å². The number of piperidine rings is 1. The lowest BCUT2D eigenvalue weighted by Gasteiger charge is -2.36. The van der Waals surface area contributed by atoms with Gasteiger partial charge in [-0.05, 0) is 62.7 Å². The number of nitrogens with zero attached hydrogens (tertiary/aromatic N) is 1. The number of likely N-dealkylation sites (tertiary alicyclic amines) is 1. The largest absolute Gasteiger partial charge is 0.342 e. The van der Waals surface area contributed by atoms with Crippen molar-refractivity contribution in [2.24, 2.45) is 11.8 Å². The van der Waals surface area contributed by atoms with Gasteiger partial charge in [0.25, 0.3) is 0 Å². The molecule has 2 unspecified atom stereocenters. The molecule has 1 heterocycles. The van der Waals surface area contributed by atoms with E-state index in [0.29, 0.717) is 11.8 Å². The van der Waals surface area contributed by atoms with Crippen LogP contribution in [0.25, 0.3) is 0 Å². The molecule has 1 aliphatic heterocycles. The number of amides is 1. The van der Waals surface area contributed by atoms with Crippen molar-refractivity contribution in [2.75, 3.05) is 26.7 Å². The van der Waals surface area contributed by atoms with Crippen molar-refractivity contribution in [3.63, 3.8) is 0 Å². The molecule has 0 spiro atoms. The van der Waals surface area contributed by atoms with E-state index in [1.54, 1.807) is 0 Å². The van der Waals surface area contributed by atoms with Crippen LogP contribution in [0, 0.1) is 11.8 Å². The van der Waals surface area contributed by atoms with Crippen LogP contribution < -0.4 is 5.32 Å². The van der Waals surface area contributed by atoms with Gasteiger partial charge < -0.3 is 10.2 Å². The molecule has 1 aromatic carbocycles. The van der Waals surface area contributed by atoms with E-state index >= 15 is 0 Å². The maximum atomic E-state index is 12.8. The summed E-state index contributed by atoms with van der Waals surface area (Å²) in [4.78, 5) is 14.9. The minimum Gasteiger partial charge on any atom is -0.342 e. The number of fused-ring (bicyclic) bond motifs is 1. The predicted molar refractivity (Wildman–Crippen MR) is 85.2 cm³/mol. The zero-order chi connectivity index (χ0) is 14.7. The smallest absolute Gasteiger partial charge is 0.226 e. The van der Waals surface area contributed by atoms with Gasteiger partial charge in [-0.25, -0.2) is 0 Å². The van der Waals surface area contributed by atoms with Crippen molar-refractivity contribution >= 4 is 5.91 Å². The average molecular weight is 286 g/mol. The molecule has 2 aliphatic rings. The maximum Gasteiger partial charge on any atom is 0.226 e. The lowest BCUT2D eigenvalue weighted by Crippen LogP contribution is -2.45. The van der Waals surface area contributed by atoms with Gasteiger partial charge in [-0.2, -0.15) is 0 Å². The third-order valence-corrected chi connectivity index (χ3v) is 5.02. The molecule has 0 saturated carbocycles. The van der Waals surface area contributed by atoms with Crippen LogP contribution in [0.15, 0.2) is 24.3 Å². The zero-order valence-corrected chi connectivity index (χ0v) is 13.0. The number of hydrogen-bond donors (Lipinski definition) is 1. The highest BCUT2D eigenvalue weighted by molar-refractivity contribution is 5.79. The molecule has 1 fully saturated rings. The van der Waals surface area contributed by atoms with Crippen LogP contribution in [-0.4, -0.2) is 37.5 Å². The van der Waals surface area contributed by atoms with Crippen LogP contribution in [0.2, 0.25) is 0 Å². The second-order valence-electron chi connectivity index (χ2n) is 6.56. The van der Waals surface area contributed by atoms with Crippen molar-refractivity contribution in [2.45, 2.75) is 32.1 Å². The summed E-state index contributed by atoms with van der Waals surface area (Å²) in [6.45, 7) is 2.92. The Kier molecular flexibility index (Phi) is 4.59. The molecule has 1 aromatic rings. The summed E-state index contributed by atoms with van der Waals surface area (Å²) in [7, 11) is 2.00. The first kappa shape index (κ1) is 14.6. The van der Waals surface area contributed by atoms with Gasteiger partial charge in [0, 0.05) is 19.0 Å². The van der Waals surface area contributed by atoms with E-state index in [-0.39, 0.29) is 5.92 Å². The Morgan fingerprint density at radius 3 is 2.90 bits per heavy atom. The SMILES string of the molecule is CNCC1CCCN(C(=O)C2CCc3ccccc3C2)C1. The van der Waals surface area contributed by atoms with Crippen molar-refractivity contribution in [3.8, 4) is 0 Å². The van der Waals surface area contributed by atoms with Gasteiger partial charge in [-0.1, -0.05) is 24.3 Å². The summed E-state index contributed by atoms with van der Waals surface area (Å²) in [6.07, 6.45) is 5.41. The molecular weight excluding hydrogens is 260 g/mol. The number of carbonyl (C=O) groups is 1. The van der Waals surface area contributed by atoms with E-state index in [1.807, 2.05) is 7.05 Å². The predicted octanol–water partition coefficient (Wildman–Crippen LogP) is 2.25. The van der Waals surface area contributed by atoms with E-state index in [4.69, 9.17) is 0 Å². The molecule has 3 rings (SSSR count). The maximum absolute atomic E-state index is 12.8. The zero-order valence-electron chi connectivity index (χ0n) is 13.0. The Labute approximate surface area is 127 Å². The number of benzene rings is 1. The van der Waals surface area contributed by atoms with Gasteiger partial charge in [0.1, 0.15) is 0 Å². The van der Waals surface area contributed by atoms with E-state index < -0.39 is 0 Å². The minimum absolute atomic E-state index is 0.202. The lowest BCUT2D eigenvalue weighted by molar-refractivity contribution is -0.137. The summed E-state index contributed by atoms with van der Waals surface area (Å²) < 4.78 is 0. The van der Waals surface area contributed by atoms with Crippen LogP contribution in [0.5, 0.6) is 0 Å². The van der Waals surface area contributed by atoms with Gasteiger partial charge in [-0.3, -0.25) is 4.79 Å². The molecule has 3 nitrogen and oxygen atoms in total. The van der Waals surface area contributed by atoms with E-state index in [9.17, 15) is 4.79 Å². The first-order valence-corrected chi connectivity index (χ1v) is 8.28. The van der Waals surface area contributed by atoms with E-state index in [1.165, 1.54) is 17.5 Å². The topological polar surface area (TPSA) is 32.3 Å². The van der Waals surface area contributed by atoms with E-state index in [0.717, 1.165) is 45.3 Å². The summed E-state index contributed by atoms with van der Waals surface area (Å²) >= 11 is 0. The minimum atomic E-state index is 0.202. The highest BCUT2D eigenvalue weighted by Gasteiger charge is 2.30. The Morgan fingerprint density at radius 2 is 2.10 bits per heavy atom. The fraction of sp³-hybridized carbons (Fsp3) is 0.611. The molecule has 2 atom stereocenters. The van der Waals surface area contributed by atoms with E-state index in [2.05, 4.69) is 34.5 Å². The number of hydrogen-bond acceptors (Lipinski definition) is 2. The normalized spacial score (nSPS) is 25.5.